The molecule has 1 N–H and O–H groups in total. The standard InChI is InChI=1S/C19H38O2.C3H4O2/c1-3-4-5-6-7-8-9-10-11-12-13-14-15-16-17-18-19(20)21-2;1-2-3(4)5/h3-18H2,1-2H3;2H,1H2,(H,4,5). The molecule has 4 nitrogen and oxygen atoms in total. The van der Waals surface area contributed by atoms with Crippen LogP contribution in [0.4, 0.5) is 0 Å². The SMILES string of the molecule is C=CC(=O)O.CCCCCCCCCCCCCCCCCC(=O)OC. The number of rotatable bonds is 17. The van der Waals surface area contributed by atoms with Crippen LogP contribution in [0, 0.1) is 0 Å². The van der Waals surface area contributed by atoms with E-state index in [4.69, 9.17) is 5.11 Å². The van der Waals surface area contributed by atoms with Crippen LogP contribution in [0.1, 0.15) is 110 Å². The molecule has 0 saturated heterocycles. The van der Waals surface area contributed by atoms with Crippen LogP contribution in [0.5, 0.6) is 0 Å². The number of methoxy groups -OCH3 is 1. The number of carboxylic acids is 1. The Hall–Kier alpha value is -1.32. The number of carboxylic acid groups (broad SMARTS) is 1. The molecule has 154 valence electrons. The molecule has 0 aromatic heterocycles. The van der Waals surface area contributed by atoms with Gasteiger partial charge in [0.25, 0.3) is 0 Å². The molecule has 0 aliphatic rings. The zero-order valence-corrected chi connectivity index (χ0v) is 17.3. The Morgan fingerprint density at radius 1 is 0.769 bits per heavy atom. The number of unbranched alkanes of at least 4 members (excludes halogenated alkanes) is 14. The predicted molar refractivity (Wildman–Crippen MR) is 109 cm³/mol. The number of aliphatic carboxylic acids is 1. The minimum Gasteiger partial charge on any atom is -0.478 e. The second kappa shape index (κ2) is 23.7. The first-order chi connectivity index (χ1) is 12.6. The minimum absolute atomic E-state index is 0.0651. The van der Waals surface area contributed by atoms with Crippen molar-refractivity contribution in [1.82, 2.24) is 0 Å². The normalized spacial score (nSPS) is 9.92. The maximum absolute atomic E-state index is 10.9. The highest BCUT2D eigenvalue weighted by atomic mass is 16.5. The largest absolute Gasteiger partial charge is 0.478 e. The second-order valence-corrected chi connectivity index (χ2v) is 6.82. The lowest BCUT2D eigenvalue weighted by molar-refractivity contribution is -0.140. The monoisotopic (exact) mass is 370 g/mol. The van der Waals surface area contributed by atoms with E-state index in [1.165, 1.54) is 97.0 Å². The molecule has 0 aliphatic heterocycles. The van der Waals surface area contributed by atoms with Crippen molar-refractivity contribution >= 4 is 11.9 Å². The number of carbonyl (C=O) groups excluding carboxylic acids is 1. The Labute approximate surface area is 161 Å². The minimum atomic E-state index is -0.981. The van der Waals surface area contributed by atoms with Gasteiger partial charge in [-0.15, -0.1) is 0 Å². The van der Waals surface area contributed by atoms with Crippen LogP contribution in [0.3, 0.4) is 0 Å². The van der Waals surface area contributed by atoms with Crippen molar-refractivity contribution in [3.63, 3.8) is 0 Å². The summed E-state index contributed by atoms with van der Waals surface area (Å²) in [5, 5.41) is 7.60. The fourth-order valence-corrected chi connectivity index (χ4v) is 2.74. The van der Waals surface area contributed by atoms with Crippen molar-refractivity contribution in [3.05, 3.63) is 12.7 Å². The van der Waals surface area contributed by atoms with Gasteiger partial charge in [-0.25, -0.2) is 4.79 Å². The zero-order chi connectivity index (χ0) is 19.9. The van der Waals surface area contributed by atoms with Crippen LogP contribution >= 0.6 is 0 Å². The van der Waals surface area contributed by atoms with Crippen LogP contribution in [0.15, 0.2) is 12.7 Å². The lowest BCUT2D eigenvalue weighted by Gasteiger charge is -2.03. The van der Waals surface area contributed by atoms with E-state index in [9.17, 15) is 9.59 Å². The molecule has 0 aromatic carbocycles. The lowest BCUT2D eigenvalue weighted by Crippen LogP contribution is -1.99. The summed E-state index contributed by atoms with van der Waals surface area (Å²) in [6.45, 7) is 5.24. The summed E-state index contributed by atoms with van der Waals surface area (Å²) in [5.74, 6) is -1.05. The van der Waals surface area contributed by atoms with Gasteiger partial charge in [0.2, 0.25) is 0 Å². The van der Waals surface area contributed by atoms with Gasteiger partial charge in [0, 0.05) is 12.5 Å². The first-order valence-corrected chi connectivity index (χ1v) is 10.5. The molecule has 4 heteroatoms. The molecule has 0 spiro atoms. The number of esters is 1. The number of carbonyl (C=O) groups is 2. The first-order valence-electron chi connectivity index (χ1n) is 10.5. The van der Waals surface area contributed by atoms with Gasteiger partial charge in [0.1, 0.15) is 0 Å². The molecule has 0 radical (unpaired) electrons. The number of hydrogen-bond acceptors (Lipinski definition) is 3. The molecule has 0 amide bonds. The Bertz CT molecular complexity index is 326. The quantitative estimate of drug-likeness (QED) is 0.176. The summed E-state index contributed by atoms with van der Waals surface area (Å²) in [6, 6.07) is 0. The average molecular weight is 371 g/mol. The number of hydrogen-bond donors (Lipinski definition) is 1. The van der Waals surface area contributed by atoms with E-state index in [1.807, 2.05) is 0 Å². The van der Waals surface area contributed by atoms with Crippen LogP contribution < -0.4 is 0 Å². The molecule has 26 heavy (non-hydrogen) atoms. The maximum atomic E-state index is 10.9. The molecule has 0 unspecified atom stereocenters. The summed E-state index contributed by atoms with van der Waals surface area (Å²) >= 11 is 0. The molecule has 0 atom stereocenters. The van der Waals surface area contributed by atoms with Crippen molar-refractivity contribution in [2.75, 3.05) is 7.11 Å². The topological polar surface area (TPSA) is 63.6 Å². The van der Waals surface area contributed by atoms with Gasteiger partial charge in [-0.05, 0) is 6.42 Å². The fourth-order valence-electron chi connectivity index (χ4n) is 2.74. The zero-order valence-electron chi connectivity index (χ0n) is 17.3. The molecule has 0 aliphatic carbocycles. The van der Waals surface area contributed by atoms with Crippen molar-refractivity contribution in [2.45, 2.75) is 110 Å². The highest BCUT2D eigenvalue weighted by molar-refractivity contribution is 5.78. The Morgan fingerprint density at radius 3 is 1.35 bits per heavy atom. The van der Waals surface area contributed by atoms with Crippen molar-refractivity contribution in [2.24, 2.45) is 0 Å². The summed E-state index contributed by atoms with van der Waals surface area (Å²) in [4.78, 5) is 20.2. The van der Waals surface area contributed by atoms with Crippen LogP contribution in [0.25, 0.3) is 0 Å². The third kappa shape index (κ3) is 27.5. The molecule has 0 bridgehead atoms. The van der Waals surface area contributed by atoms with E-state index in [0.29, 0.717) is 6.42 Å². The molecule has 0 saturated carbocycles. The van der Waals surface area contributed by atoms with E-state index >= 15 is 0 Å². The van der Waals surface area contributed by atoms with E-state index in [2.05, 4.69) is 18.2 Å². The maximum Gasteiger partial charge on any atom is 0.327 e. The molecule has 0 aromatic rings. The predicted octanol–water partition coefficient (Wildman–Crippen LogP) is 6.68. The third-order valence-corrected chi connectivity index (χ3v) is 4.39. The number of ether oxygens (including phenoxy) is 1. The van der Waals surface area contributed by atoms with Gasteiger partial charge < -0.3 is 9.84 Å². The van der Waals surface area contributed by atoms with Gasteiger partial charge >= 0.3 is 11.9 Å². The van der Waals surface area contributed by atoms with Crippen molar-refractivity contribution < 1.29 is 19.4 Å². The fraction of sp³-hybridized carbons (Fsp3) is 0.818. The molecule has 0 fully saturated rings. The van der Waals surface area contributed by atoms with Crippen molar-refractivity contribution in [1.29, 1.82) is 0 Å². The highest BCUT2D eigenvalue weighted by Gasteiger charge is 1.99. The Morgan fingerprint density at radius 2 is 1.08 bits per heavy atom. The summed E-state index contributed by atoms with van der Waals surface area (Å²) in [5.41, 5.74) is 0. The van der Waals surface area contributed by atoms with Crippen LogP contribution in [0.2, 0.25) is 0 Å². The van der Waals surface area contributed by atoms with E-state index in [-0.39, 0.29) is 5.97 Å². The Balaban J connectivity index is 0. The van der Waals surface area contributed by atoms with Crippen LogP contribution in [-0.4, -0.2) is 24.2 Å². The highest BCUT2D eigenvalue weighted by Crippen LogP contribution is 2.13. The van der Waals surface area contributed by atoms with Gasteiger partial charge in [0.15, 0.2) is 0 Å². The van der Waals surface area contributed by atoms with E-state index < -0.39 is 5.97 Å². The Kier molecular flexibility index (Phi) is 24.5. The van der Waals surface area contributed by atoms with E-state index in [1.54, 1.807) is 0 Å². The van der Waals surface area contributed by atoms with Crippen LogP contribution in [-0.2, 0) is 14.3 Å². The summed E-state index contributed by atoms with van der Waals surface area (Å²) < 4.78 is 4.63. The summed E-state index contributed by atoms with van der Waals surface area (Å²) in [7, 11) is 1.47. The molecular formula is C22H42O4. The lowest BCUT2D eigenvalue weighted by atomic mass is 10.0. The summed E-state index contributed by atoms with van der Waals surface area (Å²) in [6.07, 6.45) is 21.8. The smallest absolute Gasteiger partial charge is 0.327 e. The van der Waals surface area contributed by atoms with Gasteiger partial charge in [-0.3, -0.25) is 4.79 Å². The average Bonchev–Trinajstić information content (AvgIpc) is 2.65. The van der Waals surface area contributed by atoms with E-state index in [0.717, 1.165) is 12.5 Å². The third-order valence-electron chi connectivity index (χ3n) is 4.39. The molecule has 0 heterocycles. The van der Waals surface area contributed by atoms with Gasteiger partial charge in [-0.2, -0.15) is 0 Å². The van der Waals surface area contributed by atoms with Gasteiger partial charge in [0.05, 0.1) is 7.11 Å². The van der Waals surface area contributed by atoms with Crippen molar-refractivity contribution in [3.8, 4) is 0 Å². The molecule has 0 rings (SSSR count). The molecular weight excluding hydrogens is 328 g/mol. The first kappa shape index (κ1) is 26.9. The van der Waals surface area contributed by atoms with Gasteiger partial charge in [-0.1, -0.05) is 103 Å². The second-order valence-electron chi connectivity index (χ2n) is 6.82.